The van der Waals surface area contributed by atoms with Gasteiger partial charge >= 0.3 is 5.69 Å². The molecule has 1 saturated heterocycles. The van der Waals surface area contributed by atoms with Crippen LogP contribution in [-0.4, -0.2) is 53.7 Å². The van der Waals surface area contributed by atoms with Gasteiger partial charge in [-0.15, -0.1) is 11.3 Å². The normalized spacial score (nSPS) is 16.0. The van der Waals surface area contributed by atoms with E-state index in [1.165, 1.54) is 14.3 Å². The van der Waals surface area contributed by atoms with Crippen molar-refractivity contribution >= 4 is 28.7 Å². The number of H-pyrrole nitrogens is 1. The maximum Gasteiger partial charge on any atom is 0.330 e. The van der Waals surface area contributed by atoms with Crippen molar-refractivity contribution in [3.8, 4) is 0 Å². The first kappa shape index (κ1) is 24.9. The number of methoxy groups -OCH3 is 1. The van der Waals surface area contributed by atoms with Gasteiger partial charge in [-0.2, -0.15) is 0 Å². The van der Waals surface area contributed by atoms with Gasteiger partial charge in [0.15, 0.2) is 5.69 Å². The number of aromatic nitrogens is 2. The van der Waals surface area contributed by atoms with Gasteiger partial charge in [0.25, 0.3) is 5.56 Å². The Morgan fingerprint density at radius 2 is 2.03 bits per heavy atom. The number of thiophene rings is 1. The van der Waals surface area contributed by atoms with E-state index in [0.29, 0.717) is 13.0 Å². The van der Waals surface area contributed by atoms with E-state index in [1.807, 2.05) is 41.8 Å². The molecule has 1 amide bonds. The molecule has 2 aromatic heterocycles. The molecule has 0 bridgehead atoms. The van der Waals surface area contributed by atoms with E-state index in [1.54, 1.807) is 18.4 Å². The number of amides is 1. The highest BCUT2D eigenvalue weighted by molar-refractivity contribution is 7.10. The second-order valence-electron chi connectivity index (χ2n) is 8.60. The number of carbonyl (C=O) groups is 1. The van der Waals surface area contributed by atoms with Crippen molar-refractivity contribution in [1.82, 2.24) is 14.5 Å². The van der Waals surface area contributed by atoms with Crippen LogP contribution in [0.25, 0.3) is 0 Å². The number of ether oxygens (including phenoxy) is 1. The molecule has 0 spiro atoms. The number of benzene rings is 1. The average Bonchev–Trinajstić information content (AvgIpc) is 3.53. The van der Waals surface area contributed by atoms with Gasteiger partial charge in [0, 0.05) is 31.2 Å². The van der Waals surface area contributed by atoms with Crippen molar-refractivity contribution < 1.29 is 9.53 Å². The number of nitrogens with one attached hydrogen (secondary N) is 1. The van der Waals surface area contributed by atoms with Crippen LogP contribution in [0, 0.1) is 0 Å². The quantitative estimate of drug-likeness (QED) is 0.416. The predicted octanol–water partition coefficient (Wildman–Crippen LogP) is 2.44. The number of nitrogens with zero attached hydrogens (tertiary/aromatic N) is 3. The summed E-state index contributed by atoms with van der Waals surface area (Å²) in [5, 5.41) is 2.04. The molecule has 0 aliphatic carbocycles. The molecule has 0 unspecified atom stereocenters. The number of aromatic amines is 1. The Morgan fingerprint density at radius 3 is 2.74 bits per heavy atom. The van der Waals surface area contributed by atoms with Crippen molar-refractivity contribution in [2.24, 2.45) is 0 Å². The second kappa shape index (κ2) is 11.5. The fourth-order valence-electron chi connectivity index (χ4n) is 4.57. The highest BCUT2D eigenvalue weighted by Gasteiger charge is 2.31. The summed E-state index contributed by atoms with van der Waals surface area (Å²) in [4.78, 5) is 46.3. The molecule has 1 aromatic carbocycles. The molecular weight excluding hydrogens is 466 g/mol. The topological polar surface area (TPSA) is 114 Å². The summed E-state index contributed by atoms with van der Waals surface area (Å²) < 4.78 is 6.47. The van der Waals surface area contributed by atoms with Gasteiger partial charge in [0.1, 0.15) is 5.82 Å². The summed E-state index contributed by atoms with van der Waals surface area (Å²) >= 11 is 1.69. The van der Waals surface area contributed by atoms with Crippen LogP contribution in [0.4, 0.5) is 11.5 Å². The number of likely N-dealkylation sites (tertiary alicyclic amines) is 1. The molecule has 3 aromatic rings. The molecule has 35 heavy (non-hydrogen) atoms. The molecule has 0 saturated carbocycles. The van der Waals surface area contributed by atoms with Crippen LogP contribution in [0.15, 0.2) is 57.4 Å². The summed E-state index contributed by atoms with van der Waals surface area (Å²) in [6, 6.07) is 13.6. The second-order valence-corrected chi connectivity index (χ2v) is 9.58. The largest absolute Gasteiger partial charge is 0.385 e. The first-order valence-corrected chi connectivity index (χ1v) is 12.6. The number of hydrogen-bond acceptors (Lipinski definition) is 7. The third kappa shape index (κ3) is 5.72. The van der Waals surface area contributed by atoms with E-state index in [0.717, 1.165) is 24.9 Å². The first-order valence-electron chi connectivity index (χ1n) is 11.7. The molecule has 10 heteroatoms. The molecule has 1 aliphatic heterocycles. The zero-order valence-corrected chi connectivity index (χ0v) is 20.6. The fourth-order valence-corrected chi connectivity index (χ4v) is 5.46. The SMILES string of the molecule is COCCCN(C(=O)CN1CCC[C@@H]1c1cccs1)c1c(N)n(Cc2ccccc2)c(=O)[nH]c1=O. The average molecular weight is 498 g/mol. The van der Waals surface area contributed by atoms with Crippen molar-refractivity contribution in [1.29, 1.82) is 0 Å². The molecule has 1 fully saturated rings. The Kier molecular flexibility index (Phi) is 8.17. The number of nitrogens with two attached hydrogens (primary N) is 1. The van der Waals surface area contributed by atoms with E-state index in [9.17, 15) is 14.4 Å². The van der Waals surface area contributed by atoms with Crippen molar-refractivity contribution in [3.63, 3.8) is 0 Å². The van der Waals surface area contributed by atoms with Crippen molar-refractivity contribution in [3.05, 3.63) is 79.1 Å². The van der Waals surface area contributed by atoms with Gasteiger partial charge in [0.2, 0.25) is 5.91 Å². The molecule has 3 N–H and O–H groups in total. The van der Waals surface area contributed by atoms with E-state index in [4.69, 9.17) is 10.5 Å². The molecule has 9 nitrogen and oxygen atoms in total. The molecule has 1 aliphatic rings. The van der Waals surface area contributed by atoms with Crippen LogP contribution in [0.2, 0.25) is 0 Å². The Bertz CT molecular complexity index is 1240. The van der Waals surface area contributed by atoms with E-state index >= 15 is 0 Å². The maximum atomic E-state index is 13.6. The lowest BCUT2D eigenvalue weighted by Gasteiger charge is -2.29. The highest BCUT2D eigenvalue weighted by Crippen LogP contribution is 2.34. The minimum absolute atomic E-state index is 0.00787. The molecular formula is C25H31N5O4S. The highest BCUT2D eigenvalue weighted by atomic mass is 32.1. The summed E-state index contributed by atoms with van der Waals surface area (Å²) in [5.74, 6) is -0.253. The molecule has 4 rings (SSSR count). The van der Waals surface area contributed by atoms with Crippen LogP contribution < -0.4 is 21.9 Å². The van der Waals surface area contributed by atoms with Crippen molar-refractivity contribution in [2.75, 3.05) is 44.0 Å². The number of nitrogen functional groups attached to an aromatic ring is 1. The van der Waals surface area contributed by atoms with Crippen LogP contribution in [0.3, 0.4) is 0 Å². The maximum absolute atomic E-state index is 13.6. The summed E-state index contributed by atoms with van der Waals surface area (Å²) in [5.41, 5.74) is 5.98. The van der Waals surface area contributed by atoms with Gasteiger partial charge in [-0.1, -0.05) is 36.4 Å². The van der Waals surface area contributed by atoms with Gasteiger partial charge in [-0.25, -0.2) is 4.79 Å². The Labute approximate surface area is 207 Å². The monoisotopic (exact) mass is 497 g/mol. The van der Waals surface area contributed by atoms with Crippen molar-refractivity contribution in [2.45, 2.75) is 31.8 Å². The minimum Gasteiger partial charge on any atom is -0.385 e. The van der Waals surface area contributed by atoms with E-state index in [2.05, 4.69) is 16.0 Å². The Morgan fingerprint density at radius 1 is 1.23 bits per heavy atom. The van der Waals surface area contributed by atoms with Gasteiger partial charge in [-0.3, -0.25) is 24.0 Å². The van der Waals surface area contributed by atoms with Crippen LogP contribution in [0.5, 0.6) is 0 Å². The lowest BCUT2D eigenvalue weighted by atomic mass is 10.2. The first-order chi connectivity index (χ1) is 17.0. The molecule has 1 atom stereocenters. The predicted molar refractivity (Wildman–Crippen MR) is 138 cm³/mol. The Hall–Kier alpha value is -3.21. The number of hydrogen-bond donors (Lipinski definition) is 2. The summed E-state index contributed by atoms with van der Waals surface area (Å²) in [6.45, 7) is 1.82. The van der Waals surface area contributed by atoms with E-state index in [-0.39, 0.29) is 43.1 Å². The van der Waals surface area contributed by atoms with Crippen LogP contribution in [-0.2, 0) is 16.1 Å². The third-order valence-electron chi connectivity index (χ3n) is 6.27. The lowest BCUT2D eigenvalue weighted by molar-refractivity contribution is -0.120. The van der Waals surface area contributed by atoms with Crippen LogP contribution in [0.1, 0.15) is 35.7 Å². The van der Waals surface area contributed by atoms with Gasteiger partial charge in [-0.05, 0) is 42.8 Å². The molecule has 0 radical (unpaired) electrons. The zero-order valence-electron chi connectivity index (χ0n) is 19.8. The van der Waals surface area contributed by atoms with E-state index < -0.39 is 11.2 Å². The van der Waals surface area contributed by atoms with Crippen LogP contribution >= 0.6 is 11.3 Å². The Balaban J connectivity index is 1.65. The number of anilines is 2. The van der Waals surface area contributed by atoms with Gasteiger partial charge in [0.05, 0.1) is 13.1 Å². The minimum atomic E-state index is -0.668. The number of rotatable bonds is 10. The molecule has 186 valence electrons. The third-order valence-corrected chi connectivity index (χ3v) is 7.25. The fraction of sp³-hybridized carbons (Fsp3) is 0.400. The smallest absolute Gasteiger partial charge is 0.330 e. The molecule has 3 heterocycles. The lowest BCUT2D eigenvalue weighted by Crippen LogP contribution is -2.45. The summed E-state index contributed by atoms with van der Waals surface area (Å²) in [7, 11) is 1.59. The zero-order chi connectivity index (χ0) is 24.8. The van der Waals surface area contributed by atoms with Gasteiger partial charge < -0.3 is 15.4 Å². The number of carbonyl (C=O) groups excluding carboxylic acids is 1. The summed E-state index contributed by atoms with van der Waals surface area (Å²) in [6.07, 6.45) is 2.51. The standard InChI is InChI=1S/C25H31N5O4S/c1-34-14-7-13-29(21(31)17-28-12-5-10-19(28)20-11-6-15-35-20)22-23(26)30(25(33)27-24(22)32)16-18-8-3-2-4-9-18/h2-4,6,8-9,11,15,19H,5,7,10,12-14,16-17,26H2,1H3,(H,27,32,33)/t19-/m1/s1.